The first kappa shape index (κ1) is 20.5. The Hall–Kier alpha value is -0.810. The number of rotatable bonds is 3. The van der Waals surface area contributed by atoms with Gasteiger partial charge >= 0.3 is 0 Å². The third-order valence-electron chi connectivity index (χ3n) is 6.40. The highest BCUT2D eigenvalue weighted by molar-refractivity contribution is 5.85. The number of carbonyl (C=O) groups is 2. The van der Waals surface area contributed by atoms with E-state index in [0.29, 0.717) is 18.2 Å². The van der Waals surface area contributed by atoms with Gasteiger partial charge in [0.2, 0.25) is 11.8 Å². The number of carbonyl (C=O) groups excluding carboxylic acids is 2. The van der Waals surface area contributed by atoms with Crippen molar-refractivity contribution in [1.29, 1.82) is 0 Å². The molecule has 1 aliphatic carbocycles. The molecule has 0 aromatic carbocycles. The molecule has 3 fully saturated rings. The van der Waals surface area contributed by atoms with Crippen molar-refractivity contribution in [2.45, 2.75) is 70.3 Å². The summed E-state index contributed by atoms with van der Waals surface area (Å²) in [5.41, 5.74) is 6.05. The molecule has 0 bridgehead atoms. The summed E-state index contributed by atoms with van der Waals surface area (Å²) in [7, 11) is 0. The quantitative estimate of drug-likeness (QED) is 0.829. The molecule has 2 aliphatic heterocycles. The van der Waals surface area contributed by atoms with Crippen LogP contribution in [0.15, 0.2) is 0 Å². The smallest absolute Gasteiger partial charge is 0.227 e. The van der Waals surface area contributed by atoms with Gasteiger partial charge in [0, 0.05) is 38.1 Å². The lowest BCUT2D eigenvalue weighted by atomic mass is 9.73. The summed E-state index contributed by atoms with van der Waals surface area (Å²) in [5.74, 6) is 0.995. The highest BCUT2D eigenvalue weighted by Gasteiger charge is 2.40. The van der Waals surface area contributed by atoms with Crippen LogP contribution in [0.1, 0.15) is 64.7 Å². The van der Waals surface area contributed by atoms with Gasteiger partial charge in [-0.2, -0.15) is 0 Å². The summed E-state index contributed by atoms with van der Waals surface area (Å²) in [5, 5.41) is 0. The van der Waals surface area contributed by atoms with Crippen molar-refractivity contribution in [3.63, 3.8) is 0 Å². The minimum atomic E-state index is -0.349. The molecule has 2 unspecified atom stereocenters. The zero-order valence-corrected chi connectivity index (χ0v) is 16.4. The largest absolute Gasteiger partial charge is 0.343 e. The van der Waals surface area contributed by atoms with Crippen molar-refractivity contribution in [2.24, 2.45) is 17.6 Å². The highest BCUT2D eigenvalue weighted by atomic mass is 35.5. The van der Waals surface area contributed by atoms with E-state index in [4.69, 9.17) is 5.73 Å². The first-order valence-corrected chi connectivity index (χ1v) is 9.83. The minimum absolute atomic E-state index is 0. The molecule has 2 atom stereocenters. The molecule has 2 amide bonds. The first-order valence-electron chi connectivity index (χ1n) is 9.83. The fraction of sp³-hybridized carbons (Fsp3) is 0.895. The number of nitrogens with zero attached hydrogens (tertiary/aromatic N) is 2. The molecular formula is C19H34ClN3O2. The van der Waals surface area contributed by atoms with Crippen molar-refractivity contribution in [2.75, 3.05) is 26.2 Å². The van der Waals surface area contributed by atoms with Crippen LogP contribution in [0.5, 0.6) is 0 Å². The molecule has 1 saturated carbocycles. The third-order valence-corrected chi connectivity index (χ3v) is 6.40. The van der Waals surface area contributed by atoms with Crippen LogP contribution in [-0.4, -0.2) is 53.3 Å². The molecule has 0 radical (unpaired) electrons. The number of hydrogen-bond donors (Lipinski definition) is 1. The monoisotopic (exact) mass is 371 g/mol. The molecule has 144 valence electrons. The second-order valence-corrected chi connectivity index (χ2v) is 8.36. The summed E-state index contributed by atoms with van der Waals surface area (Å²) in [6.45, 7) is 5.50. The molecule has 2 N–H and O–H groups in total. The van der Waals surface area contributed by atoms with Gasteiger partial charge in [-0.15, -0.1) is 12.4 Å². The number of amides is 2. The van der Waals surface area contributed by atoms with Gasteiger partial charge < -0.3 is 15.5 Å². The van der Waals surface area contributed by atoms with Crippen molar-refractivity contribution in [3.05, 3.63) is 0 Å². The van der Waals surface area contributed by atoms with Gasteiger partial charge in [-0.05, 0) is 51.4 Å². The molecule has 3 aliphatic rings. The third kappa shape index (κ3) is 4.88. The van der Waals surface area contributed by atoms with Crippen molar-refractivity contribution in [1.82, 2.24) is 9.80 Å². The molecule has 2 heterocycles. The van der Waals surface area contributed by atoms with Gasteiger partial charge in [-0.1, -0.05) is 12.8 Å². The van der Waals surface area contributed by atoms with Crippen LogP contribution >= 0.6 is 12.4 Å². The van der Waals surface area contributed by atoms with E-state index in [9.17, 15) is 9.59 Å². The number of likely N-dealkylation sites (tertiary alicyclic amines) is 2. The van der Waals surface area contributed by atoms with Crippen LogP contribution in [0.4, 0.5) is 0 Å². The summed E-state index contributed by atoms with van der Waals surface area (Å²) in [6, 6.07) is 0. The average molecular weight is 372 g/mol. The van der Waals surface area contributed by atoms with E-state index in [1.807, 2.05) is 16.7 Å². The predicted octanol–water partition coefficient (Wildman–Crippen LogP) is 2.57. The fourth-order valence-electron chi connectivity index (χ4n) is 4.68. The lowest BCUT2D eigenvalue weighted by Gasteiger charge is -2.41. The minimum Gasteiger partial charge on any atom is -0.343 e. The zero-order valence-electron chi connectivity index (χ0n) is 15.5. The van der Waals surface area contributed by atoms with Gasteiger partial charge in [0.15, 0.2) is 0 Å². The number of piperidine rings is 1. The van der Waals surface area contributed by atoms with Crippen LogP contribution in [0.3, 0.4) is 0 Å². The second kappa shape index (κ2) is 8.72. The number of halogens is 1. The summed E-state index contributed by atoms with van der Waals surface area (Å²) >= 11 is 0. The second-order valence-electron chi connectivity index (χ2n) is 8.36. The molecule has 0 spiro atoms. The maximum Gasteiger partial charge on any atom is 0.227 e. The van der Waals surface area contributed by atoms with E-state index >= 15 is 0 Å². The Morgan fingerprint density at radius 3 is 2.20 bits per heavy atom. The first-order chi connectivity index (χ1) is 11.5. The summed E-state index contributed by atoms with van der Waals surface area (Å²) in [6.07, 6.45) is 9.01. The molecular weight excluding hydrogens is 338 g/mol. The molecule has 25 heavy (non-hydrogen) atoms. The zero-order chi connectivity index (χ0) is 17.2. The van der Waals surface area contributed by atoms with Crippen LogP contribution in [-0.2, 0) is 9.59 Å². The predicted molar refractivity (Wildman–Crippen MR) is 102 cm³/mol. The number of nitrogens with two attached hydrogens (primary N) is 1. The van der Waals surface area contributed by atoms with Crippen molar-refractivity contribution >= 4 is 24.2 Å². The Morgan fingerprint density at radius 2 is 1.60 bits per heavy atom. The normalized spacial score (nSPS) is 30.9. The van der Waals surface area contributed by atoms with Gasteiger partial charge in [0.05, 0.1) is 5.92 Å². The maximum absolute atomic E-state index is 12.9. The maximum atomic E-state index is 12.9. The van der Waals surface area contributed by atoms with Crippen LogP contribution < -0.4 is 5.73 Å². The Morgan fingerprint density at radius 1 is 0.960 bits per heavy atom. The van der Waals surface area contributed by atoms with Gasteiger partial charge in [0.1, 0.15) is 0 Å². The Kier molecular flexibility index (Phi) is 7.15. The van der Waals surface area contributed by atoms with Gasteiger partial charge in [0.25, 0.3) is 0 Å². The van der Waals surface area contributed by atoms with Gasteiger partial charge in [-0.25, -0.2) is 0 Å². The molecule has 0 aromatic rings. The SMILES string of the molecule is CC1(N)CCCCC1C(=O)N1CCC(CC(=O)N2CCCC2)CC1.Cl. The highest BCUT2D eigenvalue weighted by Crippen LogP contribution is 2.34. The number of hydrogen-bond acceptors (Lipinski definition) is 3. The lowest BCUT2D eigenvalue weighted by Crippen LogP contribution is -2.54. The van der Waals surface area contributed by atoms with Crippen molar-refractivity contribution < 1.29 is 9.59 Å². The molecule has 6 heteroatoms. The molecule has 5 nitrogen and oxygen atoms in total. The standard InChI is InChI=1S/C19H33N3O2.ClH/c1-19(20)9-3-2-6-16(19)18(24)22-12-7-15(8-13-22)14-17(23)21-10-4-5-11-21;/h15-16H,2-14,20H2,1H3;1H. The summed E-state index contributed by atoms with van der Waals surface area (Å²) < 4.78 is 0. The Labute approximate surface area is 158 Å². The van der Waals surface area contributed by atoms with E-state index in [-0.39, 0.29) is 29.8 Å². The van der Waals surface area contributed by atoms with E-state index < -0.39 is 0 Å². The fourth-order valence-corrected chi connectivity index (χ4v) is 4.68. The molecule has 0 aromatic heterocycles. The Balaban J connectivity index is 0.00000225. The molecule has 2 saturated heterocycles. The topological polar surface area (TPSA) is 66.6 Å². The van der Waals surface area contributed by atoms with E-state index in [1.165, 1.54) is 0 Å². The van der Waals surface area contributed by atoms with Crippen LogP contribution in [0.25, 0.3) is 0 Å². The van der Waals surface area contributed by atoms with E-state index in [2.05, 4.69) is 0 Å². The van der Waals surface area contributed by atoms with E-state index in [1.54, 1.807) is 0 Å². The molecule has 3 rings (SSSR count). The Bertz CT molecular complexity index is 469. The van der Waals surface area contributed by atoms with E-state index in [0.717, 1.165) is 77.5 Å². The lowest BCUT2D eigenvalue weighted by molar-refractivity contribution is -0.140. The van der Waals surface area contributed by atoms with Crippen molar-refractivity contribution in [3.8, 4) is 0 Å². The average Bonchev–Trinajstić information content (AvgIpc) is 3.09. The van der Waals surface area contributed by atoms with Gasteiger partial charge in [-0.3, -0.25) is 9.59 Å². The van der Waals surface area contributed by atoms with Crippen LogP contribution in [0, 0.1) is 11.8 Å². The summed E-state index contributed by atoms with van der Waals surface area (Å²) in [4.78, 5) is 29.2. The van der Waals surface area contributed by atoms with Crippen LogP contribution in [0.2, 0.25) is 0 Å².